The van der Waals surface area contributed by atoms with Crippen LogP contribution < -0.4 is 0 Å². The van der Waals surface area contributed by atoms with Crippen molar-refractivity contribution in [2.45, 2.75) is 39.5 Å². The third-order valence-corrected chi connectivity index (χ3v) is 5.45. The molecule has 4 unspecified atom stereocenters. The van der Waals surface area contributed by atoms with Crippen LogP contribution >= 0.6 is 0 Å². The molecule has 3 amide bonds. The highest BCUT2D eigenvalue weighted by Gasteiger charge is 2.59. The normalized spacial score (nSPS) is 31.1. The predicted octanol–water partition coefficient (Wildman–Crippen LogP) is 1.83. The lowest BCUT2D eigenvalue weighted by atomic mass is 9.85. The van der Waals surface area contributed by atoms with Gasteiger partial charge >= 0.3 is 0 Å². The van der Waals surface area contributed by atoms with Gasteiger partial charge in [0.25, 0.3) is 0 Å². The van der Waals surface area contributed by atoms with Gasteiger partial charge < -0.3 is 4.90 Å². The second-order valence-electron chi connectivity index (χ2n) is 6.96. The van der Waals surface area contributed by atoms with Crippen molar-refractivity contribution in [1.29, 1.82) is 0 Å². The van der Waals surface area contributed by atoms with Crippen molar-refractivity contribution in [3.63, 3.8) is 0 Å². The molecular weight excluding hydrogens is 292 g/mol. The Labute approximate surface area is 137 Å². The van der Waals surface area contributed by atoms with Crippen molar-refractivity contribution in [3.05, 3.63) is 12.2 Å². The maximum Gasteiger partial charge on any atom is 0.233 e. The average Bonchev–Trinajstić information content (AvgIpc) is 3.20. The summed E-state index contributed by atoms with van der Waals surface area (Å²) in [6.07, 6.45) is 7.23. The topological polar surface area (TPSA) is 57.7 Å². The quantitative estimate of drug-likeness (QED) is 0.531. The number of rotatable bonds is 7. The van der Waals surface area contributed by atoms with Crippen molar-refractivity contribution in [3.8, 4) is 0 Å². The molecule has 0 N–H and O–H groups in total. The van der Waals surface area contributed by atoms with Gasteiger partial charge in [0.15, 0.2) is 0 Å². The lowest BCUT2D eigenvalue weighted by Gasteiger charge is -2.23. The summed E-state index contributed by atoms with van der Waals surface area (Å²) in [5, 5.41) is 0. The van der Waals surface area contributed by atoms with Gasteiger partial charge in [-0.2, -0.15) is 0 Å². The van der Waals surface area contributed by atoms with Crippen molar-refractivity contribution in [2.75, 3.05) is 19.6 Å². The standard InChI is InChI=1S/C18H26N2O3/c1-3-8-19(9-4-2)14(21)7-10-20-17(22)15-12-5-6-13(11-12)16(15)18(20)23/h5-6,12-13,15-16H,3-4,7-11H2,1-2H3. The van der Waals surface area contributed by atoms with Gasteiger partial charge in [-0.3, -0.25) is 19.3 Å². The number of carbonyl (C=O) groups excluding carboxylic acids is 3. The molecular formula is C18H26N2O3. The minimum absolute atomic E-state index is 0.0486. The van der Waals surface area contributed by atoms with Gasteiger partial charge in [-0.25, -0.2) is 0 Å². The maximum absolute atomic E-state index is 12.6. The molecule has 2 bridgehead atoms. The summed E-state index contributed by atoms with van der Waals surface area (Å²) in [6.45, 7) is 5.83. The van der Waals surface area contributed by atoms with E-state index in [9.17, 15) is 14.4 Å². The molecule has 2 aliphatic carbocycles. The lowest BCUT2D eigenvalue weighted by Crippen LogP contribution is -2.38. The zero-order valence-electron chi connectivity index (χ0n) is 14.0. The van der Waals surface area contributed by atoms with Gasteiger partial charge in [0.05, 0.1) is 11.8 Å². The van der Waals surface area contributed by atoms with Gasteiger partial charge in [-0.15, -0.1) is 0 Å². The Morgan fingerprint density at radius 1 is 1.09 bits per heavy atom. The van der Waals surface area contributed by atoms with Crippen LogP contribution in [0.2, 0.25) is 0 Å². The number of hydrogen-bond acceptors (Lipinski definition) is 3. The van der Waals surface area contributed by atoms with E-state index >= 15 is 0 Å². The van der Waals surface area contributed by atoms with Gasteiger partial charge in [0, 0.05) is 26.1 Å². The highest BCUT2D eigenvalue weighted by Crippen LogP contribution is 2.52. The van der Waals surface area contributed by atoms with Crippen LogP contribution in [0, 0.1) is 23.7 Å². The second kappa shape index (κ2) is 6.46. The fraction of sp³-hybridized carbons (Fsp3) is 0.722. The molecule has 23 heavy (non-hydrogen) atoms. The van der Waals surface area contributed by atoms with Gasteiger partial charge in [-0.1, -0.05) is 26.0 Å². The Balaban J connectivity index is 1.60. The van der Waals surface area contributed by atoms with E-state index in [1.54, 1.807) is 0 Å². The molecule has 4 atom stereocenters. The summed E-state index contributed by atoms with van der Waals surface area (Å²) in [7, 11) is 0. The van der Waals surface area contributed by atoms with Crippen LogP contribution in [0.1, 0.15) is 39.5 Å². The van der Waals surface area contributed by atoms with Crippen LogP contribution in [0.25, 0.3) is 0 Å². The first-order valence-electron chi connectivity index (χ1n) is 8.89. The van der Waals surface area contributed by atoms with E-state index < -0.39 is 0 Å². The van der Waals surface area contributed by atoms with Crippen molar-refractivity contribution in [2.24, 2.45) is 23.7 Å². The number of hydrogen-bond donors (Lipinski definition) is 0. The van der Waals surface area contributed by atoms with Crippen molar-refractivity contribution in [1.82, 2.24) is 9.80 Å². The van der Waals surface area contributed by atoms with Gasteiger partial charge in [-0.05, 0) is 31.1 Å². The molecule has 0 aromatic carbocycles. The molecule has 3 rings (SSSR count). The number of amides is 3. The van der Waals surface area contributed by atoms with Gasteiger partial charge in [0.2, 0.25) is 17.7 Å². The minimum atomic E-state index is -0.157. The van der Waals surface area contributed by atoms with Gasteiger partial charge in [0.1, 0.15) is 0 Å². The summed E-state index contributed by atoms with van der Waals surface area (Å²) in [5.41, 5.74) is 0. The second-order valence-corrected chi connectivity index (χ2v) is 6.96. The number of likely N-dealkylation sites (tertiary alicyclic amines) is 1. The number of carbonyl (C=O) groups is 3. The molecule has 126 valence electrons. The Morgan fingerprint density at radius 3 is 2.09 bits per heavy atom. The number of nitrogens with zero attached hydrogens (tertiary/aromatic N) is 2. The molecule has 1 saturated heterocycles. The molecule has 2 fully saturated rings. The number of fused-ring (bicyclic) bond motifs is 5. The van der Waals surface area contributed by atoms with E-state index in [0.29, 0.717) is 0 Å². The molecule has 1 saturated carbocycles. The highest BCUT2D eigenvalue weighted by atomic mass is 16.2. The third kappa shape index (κ3) is 2.70. The SMILES string of the molecule is CCCN(CCC)C(=O)CCN1C(=O)C2C3C=CC(C3)C2C1=O. The summed E-state index contributed by atoms with van der Waals surface area (Å²) in [5.74, 6) is 0.0967. The molecule has 5 heteroatoms. The van der Waals surface area contributed by atoms with Crippen LogP contribution in [0.4, 0.5) is 0 Å². The Kier molecular flexibility index (Phi) is 4.55. The van der Waals surface area contributed by atoms with Crippen LogP contribution in [0.3, 0.4) is 0 Å². The zero-order chi connectivity index (χ0) is 16.6. The Bertz CT molecular complexity index is 506. The lowest BCUT2D eigenvalue weighted by molar-refractivity contribution is -0.141. The monoisotopic (exact) mass is 318 g/mol. The van der Waals surface area contributed by atoms with E-state index in [2.05, 4.69) is 12.2 Å². The summed E-state index contributed by atoms with van der Waals surface area (Å²) >= 11 is 0. The van der Waals surface area contributed by atoms with E-state index in [1.165, 1.54) is 4.90 Å². The molecule has 3 aliphatic rings. The number of imide groups is 1. The summed E-state index contributed by atoms with van der Waals surface area (Å²) in [6, 6.07) is 0. The highest BCUT2D eigenvalue weighted by molar-refractivity contribution is 6.06. The summed E-state index contributed by atoms with van der Waals surface area (Å²) < 4.78 is 0. The molecule has 0 spiro atoms. The maximum atomic E-state index is 12.6. The first kappa shape index (κ1) is 16.2. The molecule has 1 heterocycles. The third-order valence-electron chi connectivity index (χ3n) is 5.45. The number of allylic oxidation sites excluding steroid dienone is 2. The van der Waals surface area contributed by atoms with Crippen LogP contribution in [-0.2, 0) is 14.4 Å². The smallest absolute Gasteiger partial charge is 0.233 e. The largest absolute Gasteiger partial charge is 0.343 e. The van der Waals surface area contributed by atoms with E-state index in [1.807, 2.05) is 18.7 Å². The predicted molar refractivity (Wildman–Crippen MR) is 86.2 cm³/mol. The first-order valence-corrected chi connectivity index (χ1v) is 8.89. The van der Waals surface area contributed by atoms with Crippen molar-refractivity contribution >= 4 is 17.7 Å². The molecule has 0 radical (unpaired) electrons. The zero-order valence-corrected chi connectivity index (χ0v) is 14.0. The molecule has 1 aliphatic heterocycles. The Morgan fingerprint density at radius 2 is 1.61 bits per heavy atom. The van der Waals surface area contributed by atoms with E-state index in [-0.39, 0.29) is 54.4 Å². The molecule has 5 nitrogen and oxygen atoms in total. The Hall–Kier alpha value is -1.65. The minimum Gasteiger partial charge on any atom is -0.343 e. The van der Waals surface area contributed by atoms with Crippen LogP contribution in [0.5, 0.6) is 0 Å². The first-order chi connectivity index (χ1) is 11.1. The fourth-order valence-corrected chi connectivity index (χ4v) is 4.45. The van der Waals surface area contributed by atoms with Crippen LogP contribution in [-0.4, -0.2) is 47.2 Å². The molecule has 0 aromatic rings. The average molecular weight is 318 g/mol. The van der Waals surface area contributed by atoms with E-state index in [4.69, 9.17) is 0 Å². The molecule has 0 aromatic heterocycles. The van der Waals surface area contributed by atoms with Crippen molar-refractivity contribution < 1.29 is 14.4 Å². The summed E-state index contributed by atoms with van der Waals surface area (Å²) in [4.78, 5) is 40.7. The van der Waals surface area contributed by atoms with E-state index in [0.717, 1.165) is 32.4 Å². The van der Waals surface area contributed by atoms with Crippen LogP contribution in [0.15, 0.2) is 12.2 Å². The fourth-order valence-electron chi connectivity index (χ4n) is 4.45.